The van der Waals surface area contributed by atoms with Gasteiger partial charge in [-0.05, 0) is 49.2 Å². The summed E-state index contributed by atoms with van der Waals surface area (Å²) in [6.07, 6.45) is 0.864. The molecule has 0 spiro atoms. The Bertz CT molecular complexity index is 1170. The van der Waals surface area contributed by atoms with E-state index in [9.17, 15) is 13.2 Å². The first kappa shape index (κ1) is 22.2. The second kappa shape index (κ2) is 9.22. The quantitative estimate of drug-likeness (QED) is 0.559. The van der Waals surface area contributed by atoms with Crippen molar-refractivity contribution < 1.29 is 13.2 Å². The fourth-order valence-corrected chi connectivity index (χ4v) is 5.78. The molecule has 2 heterocycles. The SMILES string of the molecule is O=C(Nc1nnc(-c2ccc(Cl)cc2)s1)C1CCN(S(=O)(=O)c2ccc(Cl)cc2)CC1. The molecule has 0 radical (unpaired) electrons. The van der Waals surface area contributed by atoms with Gasteiger partial charge < -0.3 is 5.32 Å². The number of carbonyl (C=O) groups is 1. The Morgan fingerprint density at radius 1 is 0.968 bits per heavy atom. The fraction of sp³-hybridized carbons (Fsp3) is 0.250. The molecule has 1 amide bonds. The number of piperidine rings is 1. The average Bonchev–Trinajstić information content (AvgIpc) is 3.23. The summed E-state index contributed by atoms with van der Waals surface area (Å²) in [6.45, 7) is 0.546. The van der Waals surface area contributed by atoms with Crippen molar-refractivity contribution in [2.75, 3.05) is 18.4 Å². The van der Waals surface area contributed by atoms with Crippen molar-refractivity contribution in [2.45, 2.75) is 17.7 Å². The molecule has 1 saturated heterocycles. The molecule has 31 heavy (non-hydrogen) atoms. The van der Waals surface area contributed by atoms with Crippen LogP contribution in [0.3, 0.4) is 0 Å². The Hall–Kier alpha value is -2.04. The van der Waals surface area contributed by atoms with Gasteiger partial charge in [-0.15, -0.1) is 10.2 Å². The lowest BCUT2D eigenvalue weighted by Gasteiger charge is -2.30. The number of hydrogen-bond donors (Lipinski definition) is 1. The van der Waals surface area contributed by atoms with E-state index in [1.54, 1.807) is 24.3 Å². The van der Waals surface area contributed by atoms with Crippen molar-refractivity contribution in [3.05, 3.63) is 58.6 Å². The summed E-state index contributed by atoms with van der Waals surface area (Å²) < 4.78 is 27.0. The number of benzene rings is 2. The molecule has 1 fully saturated rings. The van der Waals surface area contributed by atoms with Gasteiger partial charge in [-0.1, -0.05) is 46.7 Å². The van der Waals surface area contributed by atoms with Gasteiger partial charge in [-0.3, -0.25) is 4.79 Å². The monoisotopic (exact) mass is 496 g/mol. The highest BCUT2D eigenvalue weighted by Crippen LogP contribution is 2.29. The Labute approximate surface area is 194 Å². The Balaban J connectivity index is 1.35. The first-order valence-electron chi connectivity index (χ1n) is 9.49. The highest BCUT2D eigenvalue weighted by Gasteiger charge is 2.32. The van der Waals surface area contributed by atoms with Gasteiger partial charge in [0.15, 0.2) is 0 Å². The van der Waals surface area contributed by atoms with E-state index in [1.807, 2.05) is 12.1 Å². The van der Waals surface area contributed by atoms with E-state index < -0.39 is 10.0 Å². The minimum atomic E-state index is -3.60. The lowest BCUT2D eigenvalue weighted by atomic mass is 9.97. The molecule has 0 unspecified atom stereocenters. The normalized spacial score (nSPS) is 15.7. The van der Waals surface area contributed by atoms with Crippen LogP contribution in [0.25, 0.3) is 10.6 Å². The molecule has 2 aromatic carbocycles. The third-order valence-electron chi connectivity index (χ3n) is 5.02. The van der Waals surface area contributed by atoms with Crippen LogP contribution in [0.5, 0.6) is 0 Å². The van der Waals surface area contributed by atoms with E-state index in [-0.39, 0.29) is 29.8 Å². The van der Waals surface area contributed by atoms with Crippen molar-refractivity contribution >= 4 is 55.6 Å². The zero-order valence-corrected chi connectivity index (χ0v) is 19.3. The maximum atomic E-state index is 12.8. The molecular weight excluding hydrogens is 479 g/mol. The number of carbonyl (C=O) groups excluding carboxylic acids is 1. The molecule has 1 aliphatic rings. The molecule has 7 nitrogen and oxygen atoms in total. The number of aromatic nitrogens is 2. The minimum absolute atomic E-state index is 0.178. The van der Waals surface area contributed by atoms with Gasteiger partial charge >= 0.3 is 0 Å². The van der Waals surface area contributed by atoms with E-state index in [4.69, 9.17) is 23.2 Å². The second-order valence-corrected chi connectivity index (χ2v) is 10.8. The molecule has 3 aromatic rings. The van der Waals surface area contributed by atoms with E-state index in [0.717, 1.165) is 5.56 Å². The number of rotatable bonds is 5. The Morgan fingerprint density at radius 3 is 2.16 bits per heavy atom. The minimum Gasteiger partial charge on any atom is -0.300 e. The number of anilines is 1. The van der Waals surface area contributed by atoms with E-state index in [0.29, 0.717) is 33.0 Å². The van der Waals surface area contributed by atoms with Gasteiger partial charge in [0.25, 0.3) is 0 Å². The molecule has 1 aromatic heterocycles. The maximum Gasteiger partial charge on any atom is 0.243 e. The predicted molar refractivity (Wildman–Crippen MR) is 122 cm³/mol. The molecule has 0 atom stereocenters. The van der Waals surface area contributed by atoms with Crippen LogP contribution in [0.2, 0.25) is 10.0 Å². The Kier molecular flexibility index (Phi) is 6.59. The highest BCUT2D eigenvalue weighted by atomic mass is 35.5. The third kappa shape index (κ3) is 5.07. The summed E-state index contributed by atoms with van der Waals surface area (Å²) in [7, 11) is -3.60. The molecule has 162 valence electrons. The van der Waals surface area contributed by atoms with Crippen LogP contribution in [0.15, 0.2) is 53.4 Å². The highest BCUT2D eigenvalue weighted by molar-refractivity contribution is 7.89. The zero-order chi connectivity index (χ0) is 22.0. The molecule has 11 heteroatoms. The number of sulfonamides is 1. The van der Waals surface area contributed by atoms with E-state index in [1.165, 1.54) is 27.8 Å². The van der Waals surface area contributed by atoms with E-state index >= 15 is 0 Å². The lowest BCUT2D eigenvalue weighted by molar-refractivity contribution is -0.120. The molecule has 0 bridgehead atoms. The van der Waals surface area contributed by atoms with E-state index in [2.05, 4.69) is 15.5 Å². The van der Waals surface area contributed by atoms with Crippen molar-refractivity contribution in [3.63, 3.8) is 0 Å². The van der Waals surface area contributed by atoms with Gasteiger partial charge in [-0.2, -0.15) is 4.31 Å². The smallest absolute Gasteiger partial charge is 0.243 e. The van der Waals surface area contributed by atoms with Crippen molar-refractivity contribution in [1.82, 2.24) is 14.5 Å². The molecule has 0 aliphatic carbocycles. The molecule has 0 saturated carbocycles. The number of amides is 1. The number of hydrogen-bond acceptors (Lipinski definition) is 6. The molecule has 1 aliphatic heterocycles. The lowest BCUT2D eigenvalue weighted by Crippen LogP contribution is -2.41. The summed E-state index contributed by atoms with van der Waals surface area (Å²) in [4.78, 5) is 12.8. The van der Waals surface area contributed by atoms with Gasteiger partial charge in [0, 0.05) is 34.6 Å². The van der Waals surface area contributed by atoms with Crippen LogP contribution in [0.1, 0.15) is 12.8 Å². The number of nitrogens with one attached hydrogen (secondary N) is 1. The van der Waals surface area contributed by atoms with Crippen molar-refractivity contribution in [2.24, 2.45) is 5.92 Å². The average molecular weight is 497 g/mol. The van der Waals surface area contributed by atoms with Crippen LogP contribution >= 0.6 is 34.5 Å². The van der Waals surface area contributed by atoms with Crippen LogP contribution in [-0.2, 0) is 14.8 Å². The van der Waals surface area contributed by atoms with Crippen LogP contribution in [0, 0.1) is 5.92 Å². The first-order valence-corrected chi connectivity index (χ1v) is 12.5. The summed E-state index contributed by atoms with van der Waals surface area (Å²) in [5.74, 6) is -0.470. The predicted octanol–water partition coefficient (Wildman–Crippen LogP) is 4.55. The second-order valence-electron chi connectivity index (χ2n) is 7.04. The molecule has 4 rings (SSSR count). The molecule has 1 N–H and O–H groups in total. The standard InChI is InChI=1S/C20H18Cl2N4O3S2/c21-15-3-1-14(2-4-15)19-24-25-20(30-19)23-18(27)13-9-11-26(12-10-13)31(28,29)17-7-5-16(22)6-8-17/h1-8,13H,9-12H2,(H,23,25,27). The largest absolute Gasteiger partial charge is 0.300 e. The van der Waals surface area contributed by atoms with Gasteiger partial charge in [0.2, 0.25) is 21.1 Å². The third-order valence-corrected chi connectivity index (χ3v) is 8.33. The maximum absolute atomic E-state index is 12.8. The topological polar surface area (TPSA) is 92.3 Å². The summed E-state index contributed by atoms with van der Waals surface area (Å²) >= 11 is 13.0. The van der Waals surface area contributed by atoms with Gasteiger partial charge in [0.1, 0.15) is 5.01 Å². The summed E-state index contributed by atoms with van der Waals surface area (Å²) in [6, 6.07) is 13.3. The zero-order valence-electron chi connectivity index (χ0n) is 16.2. The van der Waals surface area contributed by atoms with Gasteiger partial charge in [-0.25, -0.2) is 8.42 Å². The van der Waals surface area contributed by atoms with Crippen molar-refractivity contribution in [3.8, 4) is 10.6 Å². The number of nitrogens with zero attached hydrogens (tertiary/aromatic N) is 3. The van der Waals surface area contributed by atoms with Crippen molar-refractivity contribution in [1.29, 1.82) is 0 Å². The fourth-order valence-electron chi connectivity index (χ4n) is 3.30. The molecular formula is C20H18Cl2N4O3S2. The van der Waals surface area contributed by atoms with Crippen LogP contribution in [-0.4, -0.2) is 41.9 Å². The number of halogens is 2. The Morgan fingerprint density at radius 2 is 1.55 bits per heavy atom. The summed E-state index contributed by atoms with van der Waals surface area (Å²) in [5, 5.41) is 13.1. The van der Waals surface area contributed by atoms with Crippen LogP contribution in [0.4, 0.5) is 5.13 Å². The first-order chi connectivity index (χ1) is 14.8. The van der Waals surface area contributed by atoms with Gasteiger partial charge in [0.05, 0.1) is 4.90 Å². The van der Waals surface area contributed by atoms with Crippen LogP contribution < -0.4 is 5.32 Å². The summed E-state index contributed by atoms with van der Waals surface area (Å²) in [5.41, 5.74) is 0.864.